The molecular weight excluding hydrogens is 254 g/mol. The fourth-order valence-corrected chi connectivity index (χ4v) is 1.80. The molecule has 1 radical (unpaired) electrons. The summed E-state index contributed by atoms with van der Waals surface area (Å²) in [5, 5.41) is 11.3. The Kier molecular flexibility index (Phi) is 4.27. The van der Waals surface area contributed by atoms with Gasteiger partial charge >= 0.3 is 0 Å². The highest BCUT2D eigenvalue weighted by molar-refractivity contribution is 5.94. The summed E-state index contributed by atoms with van der Waals surface area (Å²) >= 11 is 0. The van der Waals surface area contributed by atoms with Gasteiger partial charge in [0.1, 0.15) is 12.5 Å². The largest absolute Gasteiger partial charge is 0.374 e. The Balaban J connectivity index is 2.18. The first-order valence-corrected chi connectivity index (χ1v) is 6.08. The summed E-state index contributed by atoms with van der Waals surface area (Å²) in [4.78, 5) is 22.2. The molecule has 2 rings (SSSR count). The van der Waals surface area contributed by atoms with Crippen molar-refractivity contribution in [3.05, 3.63) is 66.6 Å². The summed E-state index contributed by atoms with van der Waals surface area (Å²) in [6.07, 6.45) is -0.334. The van der Waals surface area contributed by atoms with Crippen molar-refractivity contribution in [2.45, 2.75) is 6.23 Å². The number of aldehydes is 1. The predicted octanol–water partition coefficient (Wildman–Crippen LogP) is 2.05. The fraction of sp³-hybridized carbons (Fsp3) is 0.0625. The second-order valence-corrected chi connectivity index (χ2v) is 4.31. The van der Waals surface area contributed by atoms with Gasteiger partial charge in [0.25, 0.3) is 5.91 Å². The summed E-state index contributed by atoms with van der Waals surface area (Å²) in [6, 6.07) is 14.1. The number of carbonyl (C=O) groups is 2. The predicted molar refractivity (Wildman–Crippen MR) is 76.1 cm³/mol. The summed E-state index contributed by atoms with van der Waals surface area (Å²) in [5.41, 5.74) is 2.96. The second-order valence-electron chi connectivity index (χ2n) is 4.31. The molecule has 0 saturated carbocycles. The van der Waals surface area contributed by atoms with Gasteiger partial charge in [-0.2, -0.15) is 0 Å². The molecule has 0 bridgehead atoms. The summed E-state index contributed by atoms with van der Waals surface area (Å²) < 4.78 is 0. The molecule has 2 N–H and O–H groups in total. The third-order valence-corrected chi connectivity index (χ3v) is 2.82. The third-order valence-electron chi connectivity index (χ3n) is 2.82. The van der Waals surface area contributed by atoms with E-state index in [4.69, 9.17) is 5.11 Å². The Labute approximate surface area is 117 Å². The molecule has 0 aliphatic carbocycles. The van der Waals surface area contributed by atoms with Crippen molar-refractivity contribution >= 4 is 12.2 Å². The van der Waals surface area contributed by atoms with Crippen LogP contribution in [0.25, 0.3) is 11.1 Å². The maximum absolute atomic E-state index is 11.6. The molecule has 0 fully saturated rings. The Morgan fingerprint density at radius 1 is 1.05 bits per heavy atom. The normalized spacial score (nSPS) is 11.7. The second kappa shape index (κ2) is 6.12. The lowest BCUT2D eigenvalue weighted by Crippen LogP contribution is -2.32. The molecule has 101 valence electrons. The first-order chi connectivity index (χ1) is 9.60. The van der Waals surface area contributed by atoms with E-state index in [0.717, 1.165) is 17.4 Å². The van der Waals surface area contributed by atoms with Crippen LogP contribution in [0.3, 0.4) is 0 Å². The Hall–Kier alpha value is -2.46. The molecule has 0 heterocycles. The number of carbonyl (C=O) groups excluding carboxylic acids is 2. The van der Waals surface area contributed by atoms with E-state index in [1.54, 1.807) is 36.4 Å². The van der Waals surface area contributed by atoms with Crippen LogP contribution in [0.15, 0.2) is 48.5 Å². The van der Waals surface area contributed by atoms with Gasteiger partial charge in [0.2, 0.25) is 0 Å². The molecule has 0 aliphatic rings. The van der Waals surface area contributed by atoms with Crippen molar-refractivity contribution in [1.29, 1.82) is 0 Å². The highest BCUT2D eigenvalue weighted by Gasteiger charge is 2.07. The molecule has 0 saturated heterocycles. The van der Waals surface area contributed by atoms with Crippen LogP contribution >= 0.6 is 0 Å². The van der Waals surface area contributed by atoms with Gasteiger partial charge < -0.3 is 10.4 Å². The van der Waals surface area contributed by atoms with Crippen LogP contribution in [-0.2, 0) is 0 Å². The Morgan fingerprint density at radius 2 is 1.55 bits per heavy atom. The highest BCUT2D eigenvalue weighted by Crippen LogP contribution is 2.20. The Bertz CT molecular complexity index is 601. The summed E-state index contributed by atoms with van der Waals surface area (Å²) in [5.74, 6) is -0.379. The minimum atomic E-state index is -1.13. The smallest absolute Gasteiger partial charge is 0.253 e. The zero-order valence-electron chi connectivity index (χ0n) is 10.7. The van der Waals surface area contributed by atoms with Gasteiger partial charge in [-0.3, -0.25) is 9.59 Å². The van der Waals surface area contributed by atoms with Crippen LogP contribution in [-0.4, -0.2) is 23.5 Å². The van der Waals surface area contributed by atoms with Gasteiger partial charge in [0.05, 0.1) is 0 Å². The maximum atomic E-state index is 11.6. The topological polar surface area (TPSA) is 66.4 Å². The van der Waals surface area contributed by atoms with Crippen LogP contribution in [0, 0.1) is 6.92 Å². The van der Waals surface area contributed by atoms with Gasteiger partial charge in [-0.05, 0) is 30.2 Å². The molecule has 4 heteroatoms. The van der Waals surface area contributed by atoms with E-state index in [2.05, 4.69) is 12.2 Å². The minimum absolute atomic E-state index is 0.379. The zero-order chi connectivity index (χ0) is 14.5. The molecule has 0 aliphatic heterocycles. The summed E-state index contributed by atoms with van der Waals surface area (Å²) in [6.45, 7) is 3.28. The van der Waals surface area contributed by atoms with E-state index in [1.165, 1.54) is 0 Å². The average Bonchev–Trinajstić information content (AvgIpc) is 2.47. The lowest BCUT2D eigenvalue weighted by molar-refractivity contribution is 0.0851. The molecule has 2 aromatic rings. The SMILES string of the molecule is [CH2]C(O)NC(=O)c1ccc(-c2ccc(C=O)cc2)cc1. The van der Waals surface area contributed by atoms with E-state index in [-0.39, 0.29) is 5.91 Å². The molecule has 4 nitrogen and oxygen atoms in total. The van der Waals surface area contributed by atoms with E-state index >= 15 is 0 Å². The molecule has 1 amide bonds. The van der Waals surface area contributed by atoms with Crippen molar-refractivity contribution in [2.24, 2.45) is 0 Å². The first-order valence-electron chi connectivity index (χ1n) is 6.08. The maximum Gasteiger partial charge on any atom is 0.253 e. The molecule has 1 atom stereocenters. The number of aliphatic hydroxyl groups is 1. The molecule has 0 aromatic heterocycles. The van der Waals surface area contributed by atoms with Crippen molar-refractivity contribution < 1.29 is 14.7 Å². The van der Waals surface area contributed by atoms with Crippen molar-refractivity contribution in [1.82, 2.24) is 5.32 Å². The molecule has 20 heavy (non-hydrogen) atoms. The van der Waals surface area contributed by atoms with Gasteiger partial charge in [-0.25, -0.2) is 0 Å². The van der Waals surface area contributed by atoms with E-state index < -0.39 is 6.23 Å². The minimum Gasteiger partial charge on any atom is -0.374 e. The van der Waals surface area contributed by atoms with Gasteiger partial charge in [-0.1, -0.05) is 36.4 Å². The van der Waals surface area contributed by atoms with Gasteiger partial charge in [-0.15, -0.1) is 0 Å². The number of hydrogen-bond donors (Lipinski definition) is 2. The number of aliphatic hydroxyl groups excluding tert-OH is 1. The van der Waals surface area contributed by atoms with Gasteiger partial charge in [0, 0.05) is 11.1 Å². The van der Waals surface area contributed by atoms with Crippen molar-refractivity contribution in [2.75, 3.05) is 0 Å². The monoisotopic (exact) mass is 268 g/mol. The van der Waals surface area contributed by atoms with Gasteiger partial charge in [0.15, 0.2) is 0 Å². The van der Waals surface area contributed by atoms with E-state index in [9.17, 15) is 9.59 Å². The lowest BCUT2D eigenvalue weighted by Gasteiger charge is -2.08. The average molecular weight is 268 g/mol. The Morgan fingerprint density at radius 3 is 2.00 bits per heavy atom. The standard InChI is InChI=1S/C16H14NO3/c1-11(19)17-16(20)15-8-6-14(7-9-15)13-4-2-12(10-18)3-5-13/h2-11,19H,1H2,(H,17,20). The zero-order valence-corrected chi connectivity index (χ0v) is 10.7. The number of benzene rings is 2. The highest BCUT2D eigenvalue weighted by atomic mass is 16.3. The van der Waals surface area contributed by atoms with Crippen molar-refractivity contribution in [3.8, 4) is 11.1 Å². The lowest BCUT2D eigenvalue weighted by atomic mass is 10.0. The van der Waals surface area contributed by atoms with E-state index in [0.29, 0.717) is 11.1 Å². The quantitative estimate of drug-likeness (QED) is 0.658. The van der Waals surface area contributed by atoms with Crippen LogP contribution in [0.1, 0.15) is 20.7 Å². The van der Waals surface area contributed by atoms with Crippen LogP contribution in [0.2, 0.25) is 0 Å². The molecular formula is C16H14NO3. The summed E-state index contributed by atoms with van der Waals surface area (Å²) in [7, 11) is 0. The first kappa shape index (κ1) is 14.0. The van der Waals surface area contributed by atoms with Crippen LogP contribution in [0.5, 0.6) is 0 Å². The number of nitrogens with one attached hydrogen (secondary N) is 1. The number of hydrogen-bond acceptors (Lipinski definition) is 3. The third kappa shape index (κ3) is 3.30. The van der Waals surface area contributed by atoms with Crippen LogP contribution in [0.4, 0.5) is 0 Å². The van der Waals surface area contributed by atoms with Crippen molar-refractivity contribution in [3.63, 3.8) is 0 Å². The molecule has 2 aromatic carbocycles. The molecule has 0 spiro atoms. The number of amides is 1. The molecule has 1 unspecified atom stereocenters. The fourth-order valence-electron chi connectivity index (χ4n) is 1.80. The van der Waals surface area contributed by atoms with Crippen LogP contribution < -0.4 is 5.32 Å². The number of rotatable bonds is 4. The van der Waals surface area contributed by atoms with E-state index in [1.807, 2.05) is 12.1 Å².